The highest BCUT2D eigenvalue weighted by Crippen LogP contribution is 2.30. The third-order valence-corrected chi connectivity index (χ3v) is 5.61. The van der Waals surface area contributed by atoms with E-state index in [4.69, 9.17) is 9.47 Å². The quantitative estimate of drug-likeness (QED) is 0.320. The van der Waals surface area contributed by atoms with Gasteiger partial charge in [-0.15, -0.1) is 0 Å². The molecule has 0 spiro atoms. The highest BCUT2D eigenvalue weighted by molar-refractivity contribution is 6.34. The van der Waals surface area contributed by atoms with E-state index in [2.05, 4.69) is 4.98 Å². The number of hydrogen-bond donors (Lipinski definition) is 0. The number of benzene rings is 2. The van der Waals surface area contributed by atoms with Gasteiger partial charge in [-0.25, -0.2) is 14.7 Å². The molecule has 8 nitrogen and oxygen atoms in total. The van der Waals surface area contributed by atoms with Crippen LogP contribution < -0.4 is 9.64 Å². The van der Waals surface area contributed by atoms with Gasteiger partial charge in [0.15, 0.2) is 0 Å². The predicted octanol–water partition coefficient (Wildman–Crippen LogP) is 4.20. The van der Waals surface area contributed by atoms with Crippen LogP contribution in [0.3, 0.4) is 0 Å². The molecule has 3 heterocycles. The van der Waals surface area contributed by atoms with Crippen molar-refractivity contribution < 1.29 is 23.9 Å². The number of aromatic nitrogens is 2. The van der Waals surface area contributed by atoms with Gasteiger partial charge in [0.1, 0.15) is 18.0 Å². The number of anilines is 1. The molecule has 2 aromatic carbocycles. The van der Waals surface area contributed by atoms with Gasteiger partial charge in [-0.2, -0.15) is 0 Å². The maximum Gasteiger partial charge on any atom is 0.338 e. The second kappa shape index (κ2) is 8.47. The van der Waals surface area contributed by atoms with Crippen LogP contribution in [0.15, 0.2) is 67.0 Å². The number of nitrogens with zero attached hydrogens (tertiary/aromatic N) is 3. The van der Waals surface area contributed by atoms with Crippen LogP contribution in [0.5, 0.6) is 5.75 Å². The monoisotopic (exact) mass is 455 g/mol. The van der Waals surface area contributed by atoms with Crippen molar-refractivity contribution >= 4 is 29.1 Å². The molecule has 0 fully saturated rings. The topological polar surface area (TPSA) is 90.2 Å². The van der Waals surface area contributed by atoms with Gasteiger partial charge in [-0.3, -0.25) is 9.59 Å². The third kappa shape index (κ3) is 3.69. The van der Waals surface area contributed by atoms with Crippen LogP contribution in [-0.4, -0.2) is 33.8 Å². The Balaban J connectivity index is 1.33. The largest absolute Gasteiger partial charge is 0.494 e. The zero-order valence-corrected chi connectivity index (χ0v) is 18.6. The molecule has 170 valence electrons. The molecule has 0 saturated carbocycles. The van der Waals surface area contributed by atoms with Gasteiger partial charge in [-0.1, -0.05) is 6.07 Å². The molecule has 2 amide bonds. The molecule has 4 aromatic rings. The number of esters is 1. The fraction of sp³-hybridized carbons (Fsp3) is 0.154. The minimum atomic E-state index is -0.601. The molecule has 0 aliphatic carbocycles. The number of fused-ring (bicyclic) bond motifs is 2. The number of rotatable bonds is 6. The summed E-state index contributed by atoms with van der Waals surface area (Å²) in [6, 6.07) is 14.9. The van der Waals surface area contributed by atoms with Crippen LogP contribution in [0, 0.1) is 6.92 Å². The number of imidazole rings is 1. The number of pyridine rings is 1. The van der Waals surface area contributed by atoms with Crippen molar-refractivity contribution in [3.05, 3.63) is 94.9 Å². The zero-order chi connectivity index (χ0) is 23.8. The Labute approximate surface area is 195 Å². The van der Waals surface area contributed by atoms with Crippen LogP contribution >= 0.6 is 0 Å². The van der Waals surface area contributed by atoms with Crippen LogP contribution in [-0.2, 0) is 11.3 Å². The number of ether oxygens (including phenoxy) is 2. The van der Waals surface area contributed by atoms with Gasteiger partial charge in [0, 0.05) is 12.4 Å². The van der Waals surface area contributed by atoms with Crippen LogP contribution in [0.4, 0.5) is 5.69 Å². The molecule has 1 aliphatic heterocycles. The first-order chi connectivity index (χ1) is 16.5. The lowest BCUT2D eigenvalue weighted by Gasteiger charge is -2.14. The van der Waals surface area contributed by atoms with E-state index in [0.29, 0.717) is 23.7 Å². The molecule has 2 aromatic heterocycles. The van der Waals surface area contributed by atoms with E-state index in [9.17, 15) is 14.4 Å². The standard InChI is InChI=1S/C26H21N3O5/c1-3-33-20-9-7-19(8-10-20)29-24(30)21-11-6-17(13-22(21)25(29)31)26(32)34-15-18-14-28-12-4-5-16(2)23(28)27-18/h4-14H,3,15H2,1-2H3. The Hall–Kier alpha value is -4.46. The van der Waals surface area contributed by atoms with Crippen molar-refractivity contribution in [2.45, 2.75) is 20.5 Å². The van der Waals surface area contributed by atoms with Gasteiger partial charge in [0.25, 0.3) is 11.8 Å². The summed E-state index contributed by atoms with van der Waals surface area (Å²) < 4.78 is 12.7. The molecule has 0 bridgehead atoms. The molecule has 0 N–H and O–H groups in total. The van der Waals surface area contributed by atoms with Crippen LogP contribution in [0.2, 0.25) is 0 Å². The van der Waals surface area contributed by atoms with Gasteiger partial charge >= 0.3 is 5.97 Å². The first-order valence-corrected chi connectivity index (χ1v) is 10.8. The summed E-state index contributed by atoms with van der Waals surface area (Å²) in [6.45, 7) is 4.33. The van der Waals surface area contributed by atoms with Crippen molar-refractivity contribution in [2.24, 2.45) is 0 Å². The van der Waals surface area contributed by atoms with E-state index in [1.165, 1.54) is 18.2 Å². The Morgan fingerprint density at radius 3 is 2.50 bits per heavy atom. The number of carbonyl (C=O) groups excluding carboxylic acids is 3. The van der Waals surface area contributed by atoms with Crippen molar-refractivity contribution in [2.75, 3.05) is 11.5 Å². The number of aryl methyl sites for hydroxylation is 1. The second-order valence-corrected chi connectivity index (χ2v) is 7.86. The van der Waals surface area contributed by atoms with Gasteiger partial charge in [0.2, 0.25) is 0 Å². The van der Waals surface area contributed by atoms with Crippen LogP contribution in [0.1, 0.15) is 49.3 Å². The molecule has 5 rings (SSSR count). The van der Waals surface area contributed by atoms with Gasteiger partial charge < -0.3 is 13.9 Å². The molecule has 0 atom stereocenters. The fourth-order valence-electron chi connectivity index (χ4n) is 3.96. The SMILES string of the molecule is CCOc1ccc(N2C(=O)c3ccc(C(=O)OCc4cn5cccc(C)c5n4)cc3C2=O)cc1. The minimum Gasteiger partial charge on any atom is -0.494 e. The van der Waals surface area contributed by atoms with Crippen molar-refractivity contribution in [3.63, 3.8) is 0 Å². The average molecular weight is 455 g/mol. The number of imide groups is 1. The lowest BCUT2D eigenvalue weighted by molar-refractivity contribution is 0.0468. The highest BCUT2D eigenvalue weighted by Gasteiger charge is 2.37. The lowest BCUT2D eigenvalue weighted by Crippen LogP contribution is -2.29. The van der Waals surface area contributed by atoms with E-state index < -0.39 is 17.8 Å². The van der Waals surface area contributed by atoms with E-state index in [1.807, 2.05) is 36.6 Å². The minimum absolute atomic E-state index is 0.0117. The molecular formula is C26H21N3O5. The third-order valence-electron chi connectivity index (χ3n) is 5.61. The van der Waals surface area contributed by atoms with Crippen molar-refractivity contribution in [3.8, 4) is 5.75 Å². The second-order valence-electron chi connectivity index (χ2n) is 7.86. The van der Waals surface area contributed by atoms with Crippen molar-refractivity contribution in [1.82, 2.24) is 9.38 Å². The fourth-order valence-corrected chi connectivity index (χ4v) is 3.96. The molecular weight excluding hydrogens is 434 g/mol. The molecule has 0 saturated heterocycles. The molecule has 34 heavy (non-hydrogen) atoms. The first-order valence-electron chi connectivity index (χ1n) is 10.8. The number of hydrogen-bond acceptors (Lipinski definition) is 6. The lowest BCUT2D eigenvalue weighted by atomic mass is 10.1. The van der Waals surface area contributed by atoms with Crippen LogP contribution in [0.25, 0.3) is 5.65 Å². The van der Waals surface area contributed by atoms with E-state index in [-0.39, 0.29) is 23.3 Å². The molecule has 8 heteroatoms. The van der Waals surface area contributed by atoms with Gasteiger partial charge in [-0.05, 0) is 67.9 Å². The summed E-state index contributed by atoms with van der Waals surface area (Å²) in [5, 5.41) is 0. The number of amides is 2. The summed E-state index contributed by atoms with van der Waals surface area (Å²) >= 11 is 0. The predicted molar refractivity (Wildman–Crippen MR) is 124 cm³/mol. The Morgan fingerprint density at radius 1 is 1.00 bits per heavy atom. The summed E-state index contributed by atoms with van der Waals surface area (Å²) in [6.07, 6.45) is 3.68. The average Bonchev–Trinajstić information content (AvgIpc) is 3.38. The smallest absolute Gasteiger partial charge is 0.338 e. The van der Waals surface area contributed by atoms with Crippen molar-refractivity contribution in [1.29, 1.82) is 0 Å². The first kappa shape index (κ1) is 21.4. The summed E-state index contributed by atoms with van der Waals surface area (Å²) in [4.78, 5) is 44.1. The summed E-state index contributed by atoms with van der Waals surface area (Å²) in [5.74, 6) is -0.885. The normalized spacial score (nSPS) is 12.8. The van der Waals surface area contributed by atoms with E-state index in [1.54, 1.807) is 30.5 Å². The summed E-state index contributed by atoms with van der Waals surface area (Å²) in [7, 11) is 0. The number of carbonyl (C=O) groups is 3. The maximum atomic E-state index is 13.0. The Kier molecular flexibility index (Phi) is 5.33. The molecule has 1 aliphatic rings. The highest BCUT2D eigenvalue weighted by atomic mass is 16.5. The molecule has 0 radical (unpaired) electrons. The van der Waals surface area contributed by atoms with Gasteiger partial charge in [0.05, 0.1) is 34.7 Å². The van der Waals surface area contributed by atoms with E-state index in [0.717, 1.165) is 16.1 Å². The Bertz CT molecular complexity index is 1440. The Morgan fingerprint density at radius 2 is 1.76 bits per heavy atom. The summed E-state index contributed by atoms with van der Waals surface area (Å²) in [5.41, 5.74) is 3.44. The zero-order valence-electron chi connectivity index (χ0n) is 18.6. The maximum absolute atomic E-state index is 13.0. The van der Waals surface area contributed by atoms with E-state index >= 15 is 0 Å². The molecule has 0 unspecified atom stereocenters.